The third-order valence-corrected chi connectivity index (χ3v) is 2.77. The number of carbonyl (C=O) groups excluding carboxylic acids is 1. The molecular formula is C15H22FNO3. The first-order valence-corrected chi connectivity index (χ1v) is 6.87. The van der Waals surface area contributed by atoms with Gasteiger partial charge in [-0.25, -0.2) is 4.39 Å². The van der Waals surface area contributed by atoms with Crippen molar-refractivity contribution in [3.05, 3.63) is 29.6 Å². The van der Waals surface area contributed by atoms with Gasteiger partial charge in [-0.15, -0.1) is 0 Å². The summed E-state index contributed by atoms with van der Waals surface area (Å²) >= 11 is 0. The Hall–Kier alpha value is -1.62. The van der Waals surface area contributed by atoms with Gasteiger partial charge in [-0.2, -0.15) is 0 Å². The third-order valence-electron chi connectivity index (χ3n) is 2.77. The largest absolute Gasteiger partial charge is 0.490 e. The smallest absolute Gasteiger partial charge is 0.323 e. The van der Waals surface area contributed by atoms with Crippen molar-refractivity contribution in [1.82, 2.24) is 5.32 Å². The molecule has 5 heteroatoms. The molecule has 1 aromatic carbocycles. The molecule has 20 heavy (non-hydrogen) atoms. The summed E-state index contributed by atoms with van der Waals surface area (Å²) in [6.07, 6.45) is 0.431. The summed E-state index contributed by atoms with van der Waals surface area (Å²) in [4.78, 5) is 11.7. The summed E-state index contributed by atoms with van der Waals surface area (Å²) < 4.78 is 23.9. The van der Waals surface area contributed by atoms with Crippen LogP contribution in [0.25, 0.3) is 0 Å². The molecule has 0 aliphatic heterocycles. The van der Waals surface area contributed by atoms with Gasteiger partial charge in [0.05, 0.1) is 13.2 Å². The predicted octanol–water partition coefficient (Wildman–Crippen LogP) is 2.44. The Morgan fingerprint density at radius 2 is 2.15 bits per heavy atom. The fourth-order valence-electron chi connectivity index (χ4n) is 1.80. The van der Waals surface area contributed by atoms with E-state index < -0.39 is 11.9 Å². The lowest BCUT2D eigenvalue weighted by molar-refractivity contribution is -0.146. The average molecular weight is 283 g/mol. The number of hydrogen-bond acceptors (Lipinski definition) is 4. The van der Waals surface area contributed by atoms with Gasteiger partial charge in [-0.1, -0.05) is 13.0 Å². The van der Waals surface area contributed by atoms with Crippen molar-refractivity contribution in [2.45, 2.75) is 33.2 Å². The zero-order chi connectivity index (χ0) is 15.0. The summed E-state index contributed by atoms with van der Waals surface area (Å²) in [6, 6.07) is 4.27. The maximum atomic E-state index is 13.5. The highest BCUT2D eigenvalue weighted by Crippen LogP contribution is 2.18. The standard InChI is InChI=1S/C15H22FNO3/c1-4-17-13(15(18)19-5-2)8-9-20-14-10-11(3)6-7-12(14)16/h6-7,10,13,17H,4-5,8-9H2,1-3H3. The average Bonchev–Trinajstić information content (AvgIpc) is 2.42. The summed E-state index contributed by atoms with van der Waals surface area (Å²) in [5.74, 6) is -0.487. The Morgan fingerprint density at radius 3 is 2.80 bits per heavy atom. The molecule has 112 valence electrons. The predicted molar refractivity (Wildman–Crippen MR) is 75.3 cm³/mol. The molecule has 0 aliphatic carbocycles. The summed E-state index contributed by atoms with van der Waals surface area (Å²) in [6.45, 7) is 6.78. The Morgan fingerprint density at radius 1 is 1.40 bits per heavy atom. The van der Waals surface area contributed by atoms with Crippen molar-refractivity contribution in [1.29, 1.82) is 0 Å². The minimum absolute atomic E-state index is 0.212. The van der Waals surface area contributed by atoms with E-state index in [0.717, 1.165) is 5.56 Å². The fraction of sp³-hybridized carbons (Fsp3) is 0.533. The van der Waals surface area contributed by atoms with Crippen molar-refractivity contribution in [3.63, 3.8) is 0 Å². The molecule has 0 heterocycles. The lowest BCUT2D eigenvalue weighted by atomic mass is 10.2. The third kappa shape index (κ3) is 5.17. The van der Waals surface area contributed by atoms with E-state index in [0.29, 0.717) is 19.6 Å². The maximum Gasteiger partial charge on any atom is 0.323 e. The topological polar surface area (TPSA) is 47.6 Å². The molecule has 0 aromatic heterocycles. The minimum atomic E-state index is -0.423. The molecule has 0 amide bonds. The number of aryl methyl sites for hydroxylation is 1. The number of nitrogens with one attached hydrogen (secondary N) is 1. The maximum absolute atomic E-state index is 13.5. The lowest BCUT2D eigenvalue weighted by Gasteiger charge is -2.16. The zero-order valence-electron chi connectivity index (χ0n) is 12.2. The van der Waals surface area contributed by atoms with E-state index in [9.17, 15) is 9.18 Å². The molecule has 1 unspecified atom stereocenters. The van der Waals surface area contributed by atoms with Crippen molar-refractivity contribution >= 4 is 5.97 Å². The van der Waals surface area contributed by atoms with Gasteiger partial charge in [0.2, 0.25) is 0 Å². The summed E-state index contributed by atoms with van der Waals surface area (Å²) in [5.41, 5.74) is 0.926. The molecule has 4 nitrogen and oxygen atoms in total. The van der Waals surface area contributed by atoms with Crippen molar-refractivity contribution in [2.75, 3.05) is 19.8 Å². The second-order valence-corrected chi connectivity index (χ2v) is 4.43. The number of rotatable bonds is 8. The van der Waals surface area contributed by atoms with Crippen molar-refractivity contribution in [2.24, 2.45) is 0 Å². The first-order chi connectivity index (χ1) is 9.58. The van der Waals surface area contributed by atoms with E-state index >= 15 is 0 Å². The van der Waals surface area contributed by atoms with Crippen LogP contribution in [0.2, 0.25) is 0 Å². The lowest BCUT2D eigenvalue weighted by Crippen LogP contribution is -2.39. The van der Waals surface area contributed by atoms with E-state index in [4.69, 9.17) is 9.47 Å². The number of halogens is 1. The van der Waals surface area contributed by atoms with Crippen molar-refractivity contribution < 1.29 is 18.7 Å². The quantitative estimate of drug-likeness (QED) is 0.744. The molecule has 0 spiro atoms. The number of esters is 1. The highest BCUT2D eigenvalue weighted by atomic mass is 19.1. The number of benzene rings is 1. The number of hydrogen-bond donors (Lipinski definition) is 1. The normalized spacial score (nSPS) is 12.0. The van der Waals surface area contributed by atoms with E-state index in [1.54, 1.807) is 19.1 Å². The Balaban J connectivity index is 2.51. The molecule has 0 saturated heterocycles. The zero-order valence-corrected chi connectivity index (χ0v) is 12.2. The molecule has 0 bridgehead atoms. The van der Waals surface area contributed by atoms with Gasteiger partial charge in [0.25, 0.3) is 0 Å². The SMILES string of the molecule is CCNC(CCOc1cc(C)ccc1F)C(=O)OCC. The van der Waals surface area contributed by atoms with Gasteiger partial charge in [-0.05, 0) is 38.1 Å². The van der Waals surface area contributed by atoms with E-state index in [-0.39, 0.29) is 18.3 Å². The van der Waals surface area contributed by atoms with E-state index in [1.165, 1.54) is 6.07 Å². The highest BCUT2D eigenvalue weighted by molar-refractivity contribution is 5.75. The number of carbonyl (C=O) groups is 1. The molecule has 0 saturated carbocycles. The van der Waals surface area contributed by atoms with Crippen LogP contribution >= 0.6 is 0 Å². The van der Waals surface area contributed by atoms with Crippen LogP contribution in [0.4, 0.5) is 4.39 Å². The van der Waals surface area contributed by atoms with Crippen LogP contribution in [-0.4, -0.2) is 31.8 Å². The second kappa shape index (κ2) is 8.53. The van der Waals surface area contributed by atoms with Crippen LogP contribution in [0.5, 0.6) is 5.75 Å². The van der Waals surface area contributed by atoms with Gasteiger partial charge in [0.15, 0.2) is 11.6 Å². The summed E-state index contributed by atoms with van der Waals surface area (Å²) in [7, 11) is 0. The van der Waals surface area contributed by atoms with Gasteiger partial charge >= 0.3 is 5.97 Å². The second-order valence-electron chi connectivity index (χ2n) is 4.43. The molecule has 1 atom stereocenters. The van der Waals surface area contributed by atoms with Crippen LogP contribution in [-0.2, 0) is 9.53 Å². The van der Waals surface area contributed by atoms with Gasteiger partial charge in [0, 0.05) is 6.42 Å². The van der Waals surface area contributed by atoms with Gasteiger partial charge in [0.1, 0.15) is 6.04 Å². The molecular weight excluding hydrogens is 261 g/mol. The minimum Gasteiger partial charge on any atom is -0.490 e. The summed E-state index contributed by atoms with van der Waals surface area (Å²) in [5, 5.41) is 3.03. The van der Waals surface area contributed by atoms with Crippen LogP contribution in [0.15, 0.2) is 18.2 Å². The Bertz CT molecular complexity index is 437. The van der Waals surface area contributed by atoms with Gasteiger partial charge in [-0.3, -0.25) is 4.79 Å². The van der Waals surface area contributed by atoms with Crippen LogP contribution in [0, 0.1) is 12.7 Å². The monoisotopic (exact) mass is 283 g/mol. The van der Waals surface area contributed by atoms with E-state index in [1.807, 2.05) is 13.8 Å². The van der Waals surface area contributed by atoms with Crippen LogP contribution in [0.3, 0.4) is 0 Å². The molecule has 1 rings (SSSR count). The Labute approximate surface area is 119 Å². The molecule has 0 aliphatic rings. The Kier molecular flexibility index (Phi) is 7.01. The first-order valence-electron chi connectivity index (χ1n) is 6.87. The fourth-order valence-corrected chi connectivity index (χ4v) is 1.80. The molecule has 1 aromatic rings. The molecule has 0 fully saturated rings. The molecule has 1 N–H and O–H groups in total. The number of ether oxygens (including phenoxy) is 2. The van der Waals surface area contributed by atoms with E-state index in [2.05, 4.69) is 5.32 Å². The molecule has 0 radical (unpaired) electrons. The number of likely N-dealkylation sites (N-methyl/N-ethyl adjacent to an activating group) is 1. The van der Waals surface area contributed by atoms with Crippen LogP contribution in [0.1, 0.15) is 25.8 Å². The van der Waals surface area contributed by atoms with Gasteiger partial charge < -0.3 is 14.8 Å². The highest BCUT2D eigenvalue weighted by Gasteiger charge is 2.18. The van der Waals surface area contributed by atoms with Crippen LogP contribution < -0.4 is 10.1 Å². The van der Waals surface area contributed by atoms with Crippen molar-refractivity contribution in [3.8, 4) is 5.75 Å². The first kappa shape index (κ1) is 16.4.